The zero-order chi connectivity index (χ0) is 11.3. The smallest absolute Gasteiger partial charge is 0.306 e. The molecule has 0 aliphatic rings. The number of thioether (sulfide) groups is 1. The number of carbonyl (C=O) groups is 1. The minimum absolute atomic E-state index is 0.161. The second-order valence-electron chi connectivity index (χ2n) is 3.41. The molecule has 1 atom stereocenters. The molecule has 0 radical (unpaired) electrons. The van der Waals surface area contributed by atoms with E-state index in [1.807, 2.05) is 26.0 Å². The van der Waals surface area contributed by atoms with E-state index in [0.717, 1.165) is 17.3 Å². The van der Waals surface area contributed by atoms with Crippen molar-refractivity contribution in [2.75, 3.05) is 7.11 Å². The Kier molecular flexibility index (Phi) is 4.75. The molecule has 0 aromatic carbocycles. The van der Waals surface area contributed by atoms with Gasteiger partial charge in [-0.05, 0) is 19.1 Å². The predicted molar refractivity (Wildman–Crippen MR) is 60.8 cm³/mol. The number of aryl methyl sites for hydroxylation is 1. The lowest BCUT2D eigenvalue weighted by atomic mass is 10.3. The van der Waals surface area contributed by atoms with Crippen LogP contribution in [0, 0.1) is 6.92 Å². The number of methoxy groups -OCH3 is 1. The van der Waals surface area contributed by atoms with Crippen molar-refractivity contribution in [3.8, 4) is 0 Å². The molecule has 1 heterocycles. The maximum Gasteiger partial charge on any atom is 0.306 e. The summed E-state index contributed by atoms with van der Waals surface area (Å²) in [5.74, 6) is 2.51. The predicted octanol–water partition coefficient (Wildman–Crippen LogP) is 2.77. The van der Waals surface area contributed by atoms with Gasteiger partial charge in [-0.25, -0.2) is 0 Å². The molecule has 1 rings (SSSR count). The largest absolute Gasteiger partial charge is 0.469 e. The average Bonchev–Trinajstić information content (AvgIpc) is 2.61. The molecular formula is C11H16O3S. The first-order valence-electron chi connectivity index (χ1n) is 4.85. The zero-order valence-electron chi connectivity index (χ0n) is 9.28. The third-order valence-corrected chi connectivity index (χ3v) is 3.17. The molecule has 0 fully saturated rings. The van der Waals surface area contributed by atoms with E-state index in [1.54, 1.807) is 11.8 Å². The Morgan fingerprint density at radius 3 is 2.87 bits per heavy atom. The number of ether oxygens (including phenoxy) is 1. The van der Waals surface area contributed by atoms with Gasteiger partial charge in [-0.1, -0.05) is 6.92 Å². The molecule has 15 heavy (non-hydrogen) atoms. The molecule has 84 valence electrons. The summed E-state index contributed by atoms with van der Waals surface area (Å²) in [7, 11) is 1.41. The number of rotatable bonds is 5. The van der Waals surface area contributed by atoms with Gasteiger partial charge in [-0.3, -0.25) is 4.79 Å². The van der Waals surface area contributed by atoms with Gasteiger partial charge in [0.2, 0.25) is 0 Å². The number of carbonyl (C=O) groups excluding carboxylic acids is 1. The number of furan rings is 1. The minimum atomic E-state index is -0.161. The SMILES string of the molecule is COC(=O)CC(C)SCc1ccc(C)o1. The first-order valence-corrected chi connectivity index (χ1v) is 5.90. The van der Waals surface area contributed by atoms with Gasteiger partial charge in [-0.15, -0.1) is 0 Å². The molecule has 0 amide bonds. The molecule has 0 N–H and O–H groups in total. The third-order valence-electron chi connectivity index (χ3n) is 1.99. The molecule has 4 heteroatoms. The number of hydrogen-bond donors (Lipinski definition) is 0. The maximum atomic E-state index is 11.0. The number of hydrogen-bond acceptors (Lipinski definition) is 4. The van der Waals surface area contributed by atoms with Crippen LogP contribution in [0.2, 0.25) is 0 Å². The van der Waals surface area contributed by atoms with Gasteiger partial charge in [0.15, 0.2) is 0 Å². The summed E-state index contributed by atoms with van der Waals surface area (Å²) >= 11 is 1.69. The van der Waals surface area contributed by atoms with Crippen LogP contribution in [0.1, 0.15) is 24.9 Å². The molecule has 3 nitrogen and oxygen atoms in total. The van der Waals surface area contributed by atoms with E-state index in [0.29, 0.717) is 6.42 Å². The van der Waals surface area contributed by atoms with Crippen LogP contribution in [0.15, 0.2) is 16.5 Å². The fourth-order valence-corrected chi connectivity index (χ4v) is 2.02. The van der Waals surface area contributed by atoms with Crippen LogP contribution in [0.4, 0.5) is 0 Å². The first-order chi connectivity index (χ1) is 7.11. The average molecular weight is 228 g/mol. The second kappa shape index (κ2) is 5.85. The molecule has 0 bridgehead atoms. The van der Waals surface area contributed by atoms with E-state index in [4.69, 9.17) is 4.42 Å². The summed E-state index contributed by atoms with van der Waals surface area (Å²) in [6.45, 7) is 3.93. The van der Waals surface area contributed by atoms with Crippen LogP contribution in [-0.2, 0) is 15.3 Å². The third kappa shape index (κ3) is 4.42. The van der Waals surface area contributed by atoms with Gasteiger partial charge >= 0.3 is 5.97 Å². The molecule has 1 unspecified atom stereocenters. The first kappa shape index (κ1) is 12.2. The summed E-state index contributed by atoms with van der Waals surface area (Å²) in [4.78, 5) is 11.0. The molecule has 0 aliphatic carbocycles. The van der Waals surface area contributed by atoms with Crippen molar-refractivity contribution < 1.29 is 13.9 Å². The minimum Gasteiger partial charge on any atom is -0.469 e. The molecule has 0 saturated heterocycles. The summed E-state index contributed by atoms with van der Waals surface area (Å²) in [6.07, 6.45) is 0.445. The van der Waals surface area contributed by atoms with Gasteiger partial charge in [0.1, 0.15) is 11.5 Å². The summed E-state index contributed by atoms with van der Waals surface area (Å²) in [6, 6.07) is 3.91. The van der Waals surface area contributed by atoms with Crippen molar-refractivity contribution in [1.82, 2.24) is 0 Å². The lowest BCUT2D eigenvalue weighted by Crippen LogP contribution is -2.08. The van der Waals surface area contributed by atoms with Crippen molar-refractivity contribution in [3.05, 3.63) is 23.7 Å². The highest BCUT2D eigenvalue weighted by Gasteiger charge is 2.10. The second-order valence-corrected chi connectivity index (χ2v) is 4.84. The van der Waals surface area contributed by atoms with E-state index < -0.39 is 0 Å². The van der Waals surface area contributed by atoms with E-state index in [2.05, 4.69) is 4.74 Å². The van der Waals surface area contributed by atoms with Gasteiger partial charge in [0, 0.05) is 5.25 Å². The maximum absolute atomic E-state index is 11.0. The highest BCUT2D eigenvalue weighted by Crippen LogP contribution is 2.21. The Hall–Kier alpha value is -0.900. The molecular weight excluding hydrogens is 212 g/mol. The Labute approximate surface area is 94.2 Å². The lowest BCUT2D eigenvalue weighted by Gasteiger charge is -2.07. The normalized spacial score (nSPS) is 12.5. The van der Waals surface area contributed by atoms with Crippen molar-refractivity contribution >= 4 is 17.7 Å². The van der Waals surface area contributed by atoms with Crippen LogP contribution in [0.3, 0.4) is 0 Å². The molecule has 0 saturated carbocycles. The van der Waals surface area contributed by atoms with E-state index in [1.165, 1.54) is 7.11 Å². The molecule has 1 aromatic rings. The van der Waals surface area contributed by atoms with Crippen LogP contribution >= 0.6 is 11.8 Å². The lowest BCUT2D eigenvalue weighted by molar-refractivity contribution is -0.140. The van der Waals surface area contributed by atoms with Crippen LogP contribution in [0.25, 0.3) is 0 Å². The standard InChI is InChI=1S/C11H16O3S/c1-8-4-5-10(14-8)7-15-9(2)6-11(12)13-3/h4-5,9H,6-7H2,1-3H3. The van der Waals surface area contributed by atoms with Gasteiger partial charge in [0.05, 0.1) is 19.3 Å². The topological polar surface area (TPSA) is 39.4 Å². The monoisotopic (exact) mass is 228 g/mol. The fraction of sp³-hybridized carbons (Fsp3) is 0.545. The molecule has 1 aromatic heterocycles. The molecule has 0 aliphatic heterocycles. The van der Waals surface area contributed by atoms with Crippen molar-refractivity contribution in [2.24, 2.45) is 0 Å². The van der Waals surface area contributed by atoms with Gasteiger partial charge in [-0.2, -0.15) is 11.8 Å². The van der Waals surface area contributed by atoms with Gasteiger partial charge in [0.25, 0.3) is 0 Å². The highest BCUT2D eigenvalue weighted by atomic mass is 32.2. The quantitative estimate of drug-likeness (QED) is 0.726. The van der Waals surface area contributed by atoms with Crippen molar-refractivity contribution in [3.63, 3.8) is 0 Å². The molecule has 0 spiro atoms. The van der Waals surface area contributed by atoms with Gasteiger partial charge < -0.3 is 9.15 Å². The summed E-state index contributed by atoms with van der Waals surface area (Å²) < 4.78 is 10.0. The Morgan fingerprint density at radius 2 is 2.33 bits per heavy atom. The van der Waals surface area contributed by atoms with E-state index >= 15 is 0 Å². The van der Waals surface area contributed by atoms with Crippen LogP contribution in [0.5, 0.6) is 0 Å². The fourth-order valence-electron chi connectivity index (χ4n) is 1.16. The van der Waals surface area contributed by atoms with E-state index in [9.17, 15) is 4.79 Å². The number of esters is 1. The van der Waals surface area contributed by atoms with Crippen molar-refractivity contribution in [2.45, 2.75) is 31.3 Å². The summed E-state index contributed by atoms with van der Waals surface area (Å²) in [5.41, 5.74) is 0. The summed E-state index contributed by atoms with van der Waals surface area (Å²) in [5, 5.41) is 0.253. The van der Waals surface area contributed by atoms with Crippen molar-refractivity contribution in [1.29, 1.82) is 0 Å². The Balaban J connectivity index is 2.28. The Morgan fingerprint density at radius 1 is 1.60 bits per heavy atom. The van der Waals surface area contributed by atoms with E-state index in [-0.39, 0.29) is 11.2 Å². The van der Waals surface area contributed by atoms with Crippen LogP contribution in [-0.4, -0.2) is 18.3 Å². The Bertz CT molecular complexity index is 319. The highest BCUT2D eigenvalue weighted by molar-refractivity contribution is 7.99. The zero-order valence-corrected chi connectivity index (χ0v) is 10.1. The van der Waals surface area contributed by atoms with Crippen LogP contribution < -0.4 is 0 Å².